The summed E-state index contributed by atoms with van der Waals surface area (Å²) in [5.41, 5.74) is -0.737. The first-order chi connectivity index (χ1) is 16.2. The second-order valence-electron chi connectivity index (χ2n) is 9.11. The fourth-order valence-electron chi connectivity index (χ4n) is 4.76. The minimum Gasteiger partial charge on any atom is -0.298 e. The lowest BCUT2D eigenvalue weighted by Crippen LogP contribution is -2.51. The van der Waals surface area contributed by atoms with Crippen LogP contribution < -0.4 is 5.69 Å². The van der Waals surface area contributed by atoms with Crippen molar-refractivity contribution in [2.45, 2.75) is 38.3 Å². The van der Waals surface area contributed by atoms with Gasteiger partial charge in [0, 0.05) is 17.0 Å². The first-order valence-corrected chi connectivity index (χ1v) is 11.5. The fourth-order valence-corrected chi connectivity index (χ4v) is 4.97. The van der Waals surface area contributed by atoms with E-state index in [2.05, 4.69) is 15.0 Å². The molecule has 0 saturated heterocycles. The molecule has 0 aliphatic heterocycles. The van der Waals surface area contributed by atoms with E-state index in [0.717, 1.165) is 5.56 Å². The molecule has 1 heterocycles. The Bertz CT molecular complexity index is 1300. The molecule has 176 valence electrons. The Balaban J connectivity index is 1.37. The predicted molar refractivity (Wildman–Crippen MR) is 121 cm³/mol. The van der Waals surface area contributed by atoms with E-state index in [-0.39, 0.29) is 30.4 Å². The lowest BCUT2D eigenvalue weighted by molar-refractivity contribution is -0.242. The van der Waals surface area contributed by atoms with Gasteiger partial charge in [-0.15, -0.1) is 0 Å². The van der Waals surface area contributed by atoms with Gasteiger partial charge >= 0.3 is 11.9 Å². The van der Waals surface area contributed by atoms with Crippen molar-refractivity contribution < 1.29 is 18.0 Å². The highest BCUT2D eigenvalue weighted by Gasteiger charge is 2.66. The van der Waals surface area contributed by atoms with Crippen LogP contribution in [0.3, 0.4) is 0 Å². The summed E-state index contributed by atoms with van der Waals surface area (Å²) < 4.78 is 40.6. The average molecular weight is 488 g/mol. The highest BCUT2D eigenvalue weighted by Crippen LogP contribution is 2.58. The van der Waals surface area contributed by atoms with Gasteiger partial charge in [-0.25, -0.2) is 9.78 Å². The molecule has 0 spiro atoms. The third-order valence-corrected chi connectivity index (χ3v) is 7.28. The maximum atomic E-state index is 13.5. The van der Waals surface area contributed by atoms with Crippen LogP contribution in [0, 0.1) is 17.3 Å². The van der Waals surface area contributed by atoms with E-state index < -0.39 is 29.0 Å². The summed E-state index contributed by atoms with van der Waals surface area (Å²) in [6, 6.07) is 14.3. The average Bonchev–Trinajstić information content (AvgIpc) is 3.52. The fraction of sp³-hybridized carbons (Fsp3) is 0.360. The number of nitrogens with zero attached hydrogens (tertiary/aromatic N) is 2. The monoisotopic (exact) mass is 487 g/mol. The number of benzene rings is 2. The third-order valence-electron chi connectivity index (χ3n) is 6.95. The van der Waals surface area contributed by atoms with Crippen molar-refractivity contribution in [3.63, 3.8) is 0 Å². The number of aromatic amines is 1. The van der Waals surface area contributed by atoms with E-state index in [1.807, 2.05) is 18.2 Å². The van der Waals surface area contributed by atoms with Gasteiger partial charge in [-0.1, -0.05) is 54.4 Å². The van der Waals surface area contributed by atoms with Crippen LogP contribution in [0.15, 0.2) is 53.3 Å². The lowest BCUT2D eigenvalue weighted by Gasteiger charge is -2.41. The van der Waals surface area contributed by atoms with Gasteiger partial charge in [-0.3, -0.25) is 9.78 Å². The molecule has 1 aromatic heterocycles. The number of halogens is 4. The largest absolute Gasteiger partial charge is 0.401 e. The molecule has 2 aliphatic carbocycles. The number of carbonyl (C=O) groups excluding carboxylic acids is 1. The molecule has 5 nitrogen and oxygen atoms in total. The van der Waals surface area contributed by atoms with Gasteiger partial charge in [0.25, 0.3) is 0 Å². The summed E-state index contributed by atoms with van der Waals surface area (Å²) in [4.78, 5) is 35.9. The van der Waals surface area contributed by atoms with Crippen LogP contribution in [0.25, 0.3) is 22.8 Å². The van der Waals surface area contributed by atoms with Gasteiger partial charge in [-0.05, 0) is 49.3 Å². The van der Waals surface area contributed by atoms with Crippen LogP contribution in [0.4, 0.5) is 13.2 Å². The van der Waals surface area contributed by atoms with E-state index in [4.69, 9.17) is 11.6 Å². The molecule has 34 heavy (non-hydrogen) atoms. The van der Waals surface area contributed by atoms with Gasteiger partial charge in [0.1, 0.15) is 11.2 Å². The van der Waals surface area contributed by atoms with Crippen molar-refractivity contribution in [1.82, 2.24) is 15.0 Å². The molecular weight excluding hydrogens is 467 g/mol. The van der Waals surface area contributed by atoms with Gasteiger partial charge in [-0.2, -0.15) is 18.2 Å². The van der Waals surface area contributed by atoms with E-state index in [0.29, 0.717) is 35.4 Å². The Morgan fingerprint density at radius 2 is 1.85 bits per heavy atom. The molecule has 2 aliphatic rings. The number of aromatic nitrogens is 3. The van der Waals surface area contributed by atoms with Gasteiger partial charge in [0.15, 0.2) is 11.6 Å². The Labute approximate surface area is 198 Å². The molecular formula is C25H21ClF3N3O2. The normalized spacial score (nSPS) is 21.1. The summed E-state index contributed by atoms with van der Waals surface area (Å²) >= 11 is 6.39. The molecule has 2 atom stereocenters. The molecule has 0 bridgehead atoms. The highest BCUT2D eigenvalue weighted by molar-refractivity contribution is 6.33. The first-order valence-electron chi connectivity index (χ1n) is 11.1. The van der Waals surface area contributed by atoms with Crippen molar-refractivity contribution in [2.75, 3.05) is 0 Å². The lowest BCUT2D eigenvalue weighted by atomic mass is 9.64. The molecule has 2 fully saturated rings. The predicted octanol–water partition coefficient (Wildman–Crippen LogP) is 5.63. The summed E-state index contributed by atoms with van der Waals surface area (Å²) in [5, 5.41) is 0.367. The van der Waals surface area contributed by atoms with E-state index in [1.54, 1.807) is 30.3 Å². The molecule has 2 saturated carbocycles. The molecule has 1 N–H and O–H groups in total. The molecule has 0 radical (unpaired) electrons. The number of nitrogens with one attached hydrogen (secondary N) is 1. The Hall–Kier alpha value is -3.00. The van der Waals surface area contributed by atoms with Crippen molar-refractivity contribution >= 4 is 17.4 Å². The zero-order valence-electron chi connectivity index (χ0n) is 18.0. The molecule has 0 amide bonds. The molecule has 5 rings (SSSR count). The topological polar surface area (TPSA) is 75.7 Å². The Morgan fingerprint density at radius 3 is 2.50 bits per heavy atom. The van der Waals surface area contributed by atoms with Crippen LogP contribution in [0.2, 0.25) is 5.02 Å². The van der Waals surface area contributed by atoms with Crippen LogP contribution in [-0.2, 0) is 11.2 Å². The van der Waals surface area contributed by atoms with Crippen LogP contribution in [0.1, 0.15) is 31.2 Å². The first kappa shape index (κ1) is 22.8. The molecule has 1 unspecified atom stereocenters. The molecule has 3 aromatic rings. The van der Waals surface area contributed by atoms with E-state index in [9.17, 15) is 22.8 Å². The maximum absolute atomic E-state index is 13.5. The number of rotatable bonds is 6. The summed E-state index contributed by atoms with van der Waals surface area (Å²) in [6.45, 7) is 0. The minimum atomic E-state index is -4.49. The number of carbonyl (C=O) groups is 1. The van der Waals surface area contributed by atoms with E-state index >= 15 is 0 Å². The van der Waals surface area contributed by atoms with Crippen LogP contribution in [-0.4, -0.2) is 26.9 Å². The smallest absolute Gasteiger partial charge is 0.298 e. The Morgan fingerprint density at radius 1 is 1.12 bits per heavy atom. The number of Topliss-reactive ketones (excluding diaryl/α,β-unsaturated/α-hetero) is 1. The zero-order valence-corrected chi connectivity index (χ0v) is 18.8. The van der Waals surface area contributed by atoms with Crippen LogP contribution >= 0.6 is 11.6 Å². The number of alkyl halides is 3. The summed E-state index contributed by atoms with van der Waals surface area (Å²) in [6.07, 6.45) is -3.35. The SMILES string of the molecule is O=C([C@@H]1CC1Cc1ccc(Cl)c(-c2nc(-c3ccccc3)nc(=O)[nH]2)c1)C1(C(F)(F)F)CCC1. The van der Waals surface area contributed by atoms with Crippen molar-refractivity contribution in [1.29, 1.82) is 0 Å². The van der Waals surface area contributed by atoms with Gasteiger partial charge in [0.05, 0.1) is 5.02 Å². The quantitative estimate of drug-likeness (QED) is 0.488. The maximum Gasteiger partial charge on any atom is 0.401 e. The summed E-state index contributed by atoms with van der Waals surface area (Å²) in [5.74, 6) is -0.848. The standard InChI is InChI=1S/C25H21ClF3N3O2/c26-19-8-7-14(11-16-13-17(16)20(33)24(9-4-10-24)25(27,28)29)12-18(19)22-30-21(31-23(34)32-22)15-5-2-1-3-6-15/h1-3,5-8,12,16-17H,4,9-11,13H2,(H,30,31,32,34)/t16?,17-/m1/s1. The van der Waals surface area contributed by atoms with E-state index in [1.165, 1.54) is 0 Å². The minimum absolute atomic E-state index is 0.103. The number of ketones is 1. The second kappa shape index (κ2) is 8.34. The van der Waals surface area contributed by atoms with Gasteiger partial charge < -0.3 is 0 Å². The van der Waals surface area contributed by atoms with Crippen molar-refractivity contribution in [3.8, 4) is 22.8 Å². The third kappa shape index (κ3) is 4.04. The highest BCUT2D eigenvalue weighted by atomic mass is 35.5. The second-order valence-corrected chi connectivity index (χ2v) is 9.52. The summed E-state index contributed by atoms with van der Waals surface area (Å²) in [7, 11) is 0. The van der Waals surface area contributed by atoms with Crippen molar-refractivity contribution in [2.24, 2.45) is 17.3 Å². The number of hydrogen-bond donors (Lipinski definition) is 1. The number of hydrogen-bond acceptors (Lipinski definition) is 4. The molecule has 2 aromatic carbocycles. The Kier molecular flexibility index (Phi) is 5.59. The molecule has 9 heteroatoms. The number of H-pyrrole nitrogens is 1. The van der Waals surface area contributed by atoms with Crippen LogP contribution in [0.5, 0.6) is 0 Å². The van der Waals surface area contributed by atoms with Gasteiger partial charge in [0.2, 0.25) is 0 Å². The zero-order chi connectivity index (χ0) is 24.1. The van der Waals surface area contributed by atoms with Crippen molar-refractivity contribution in [3.05, 3.63) is 69.6 Å².